The molecule has 2 fully saturated rings. The highest BCUT2D eigenvalue weighted by molar-refractivity contribution is 7.61. The quantitative estimate of drug-likeness (QED) is 0.0202. The second kappa shape index (κ2) is 64.3. The second-order valence-electron chi connectivity index (χ2n) is 35.8. The van der Waals surface area contributed by atoms with Gasteiger partial charge in [0.2, 0.25) is 5.91 Å². The van der Waals surface area contributed by atoms with Gasteiger partial charge in [-0.1, -0.05) is 193 Å². The Morgan fingerprint density at radius 3 is 0.896 bits per heavy atom. The Balaban J connectivity index is 1.63. The zero-order chi connectivity index (χ0) is 93.7. The first kappa shape index (κ1) is 116. The van der Waals surface area contributed by atoms with Gasteiger partial charge in [0.25, 0.3) is 0 Å². The van der Waals surface area contributed by atoms with Gasteiger partial charge in [0.15, 0.2) is 12.6 Å². The first-order chi connectivity index (χ1) is 58.9. The highest BCUT2D eigenvalue weighted by Gasteiger charge is 2.55. The van der Waals surface area contributed by atoms with Crippen LogP contribution in [0.2, 0.25) is 0 Å². The maximum atomic E-state index is 13.5. The highest BCUT2D eigenvalue weighted by Crippen LogP contribution is 2.61. The molecular weight excluding hydrogens is 1630 g/mol. The molecule has 2 unspecified atom stereocenters. The number of alkyl halides is 3. The molecule has 0 aromatic heterocycles. The Labute approximate surface area is 751 Å². The SMILES string of the molecule is CC(=O)N[C@H]1[C@H](O[C@H]2[C@H](O)[C@@H](NC(=O)C(F)(F)F)[C@@H](OP(=O)(O)OP(=O)(O)OCC[C@@H](C)CC/C=C(/C)CC/C=C(/C)CC/C=C(/C)CC/C=C(/C)CC/C=C(/C)CC/C=C(/C)CC/C=C(/C)CC/C=C(/C)CC/C=C(/C)CC/C=C(/C)CC/C=C(/C)CC/C=C(/C)CC/C=C(/C)CC/C=C(\C)CC/C=C(\C)CCC=C(C)C)O[C@@H]2CO)O[C@H](CO)[C@@H](O)[C@@H]1O. The van der Waals surface area contributed by atoms with Crippen molar-refractivity contribution in [2.24, 2.45) is 5.92 Å². The highest BCUT2D eigenvalue weighted by atomic mass is 31.3. The van der Waals surface area contributed by atoms with Crippen molar-refractivity contribution < 1.29 is 94.8 Å². The molecule has 2 saturated heterocycles. The molecule has 13 atom stereocenters. The molecule has 0 radical (unpaired) electrons. The van der Waals surface area contributed by atoms with E-state index in [0.717, 1.165) is 187 Å². The molecule has 0 aliphatic carbocycles. The Morgan fingerprint density at radius 2 is 0.632 bits per heavy atom. The molecule has 2 heterocycles. The lowest BCUT2D eigenvalue weighted by atomic mass is 9.94. The van der Waals surface area contributed by atoms with Gasteiger partial charge in [0.1, 0.15) is 48.7 Å². The van der Waals surface area contributed by atoms with Gasteiger partial charge in [-0.2, -0.15) is 17.5 Å². The molecule has 125 heavy (non-hydrogen) atoms. The number of aliphatic hydroxyl groups is 5. The van der Waals surface area contributed by atoms with Crippen LogP contribution in [-0.4, -0.2) is 134 Å². The van der Waals surface area contributed by atoms with Gasteiger partial charge in [-0.15, -0.1) is 0 Å². The van der Waals surface area contributed by atoms with Crippen LogP contribution >= 0.6 is 15.6 Å². The first-order valence-electron chi connectivity index (χ1n) is 46.0. The lowest BCUT2D eigenvalue weighted by Gasteiger charge is -2.48. The van der Waals surface area contributed by atoms with Crippen molar-refractivity contribution >= 4 is 27.5 Å². The van der Waals surface area contributed by atoms with Crippen LogP contribution < -0.4 is 10.6 Å². The first-order valence-corrected chi connectivity index (χ1v) is 49.0. The average Bonchev–Trinajstić information content (AvgIpc) is 0.767. The topological polar surface area (TPSA) is 289 Å². The van der Waals surface area contributed by atoms with Gasteiger partial charge in [-0.05, 0) is 336 Å². The molecule has 2 aliphatic heterocycles. The summed E-state index contributed by atoms with van der Waals surface area (Å²) in [7, 11) is -11.4. The van der Waals surface area contributed by atoms with E-state index in [1.54, 1.807) is 0 Å². The summed E-state index contributed by atoms with van der Waals surface area (Å²) >= 11 is 0. The smallest absolute Gasteiger partial charge is 0.394 e. The van der Waals surface area contributed by atoms with Crippen LogP contribution in [0.3, 0.4) is 0 Å². The van der Waals surface area contributed by atoms with E-state index in [1.807, 2.05) is 6.92 Å². The number of carbonyl (C=O) groups excluding carboxylic acids is 2. The molecule has 9 N–H and O–H groups in total. The van der Waals surface area contributed by atoms with Crippen molar-refractivity contribution in [1.82, 2.24) is 10.6 Å². The molecule has 0 spiro atoms. The van der Waals surface area contributed by atoms with Crippen molar-refractivity contribution in [2.75, 3.05) is 19.8 Å². The van der Waals surface area contributed by atoms with E-state index >= 15 is 0 Å². The Morgan fingerprint density at radius 1 is 0.368 bits per heavy atom. The molecule has 2 rings (SSSR count). The van der Waals surface area contributed by atoms with Crippen LogP contribution in [0.25, 0.3) is 0 Å². The van der Waals surface area contributed by atoms with Crippen LogP contribution in [-0.2, 0) is 46.3 Å². The van der Waals surface area contributed by atoms with Gasteiger partial charge in [0.05, 0.1) is 19.8 Å². The molecule has 0 aromatic rings. The minimum atomic E-state index is -5.94. The summed E-state index contributed by atoms with van der Waals surface area (Å²) in [5.74, 6) is -3.60. The summed E-state index contributed by atoms with van der Waals surface area (Å²) in [6.45, 7) is 38.5. The predicted octanol–water partition coefficient (Wildman–Crippen LogP) is 25.4. The lowest BCUT2D eigenvalue weighted by molar-refractivity contribution is -0.326. The Kier molecular flexibility index (Phi) is 59.5. The number of carbonyl (C=O) groups is 2. The number of aliphatic hydroxyl groups excluding tert-OH is 5. The number of phosphoric ester groups is 2. The lowest BCUT2D eigenvalue weighted by Crippen LogP contribution is -2.69. The van der Waals surface area contributed by atoms with Gasteiger partial charge in [0, 0.05) is 6.92 Å². The standard InChI is InChI=1S/C101H165F3N2O17P2/c1-72(2)36-20-37-73(3)38-21-39-74(4)40-22-41-75(5)42-23-43-76(6)44-24-45-77(7)46-25-47-78(8)48-26-49-79(9)50-27-51-80(10)52-28-53-81(11)54-29-55-82(12)56-30-57-83(13)58-31-59-84(14)60-32-61-85(15)62-33-63-86(16)64-34-65-87(17)66-35-67-88(18)68-69-118-124(114,115)123-125(116,117)122-99-93(106-100(113)101(102,103)104)96(112)97(91(71-108)120-99)121-98-92(105-89(19)109)95(111)94(110)90(70-107)119-98/h36,38,40,42,44,46,48,50,52,54,56,58,60,62,64,66,88,90-99,107-108,110-112H,20-35,37,39,41,43,45,47,49,51,53,55,57,59,61,63,65,67-71H2,1-19H3,(H,105,109)(H,106,113)(H,114,115)(H,116,117)/b73-38+,74-40+,75-42-,76-44-,77-46-,78-48-,79-50-,80-52-,81-54-,82-56-,83-58-,84-60-,85-62-,86-64-,87-66-/t88-,90+,91+,92+,93+,94+,95+,96+,97+,98-,99+/m0/s1. The van der Waals surface area contributed by atoms with Crippen LogP contribution in [0.5, 0.6) is 0 Å². The van der Waals surface area contributed by atoms with E-state index < -0.39 is 115 Å². The molecule has 712 valence electrons. The molecule has 0 saturated carbocycles. The van der Waals surface area contributed by atoms with E-state index in [4.69, 9.17) is 23.3 Å². The summed E-state index contributed by atoms with van der Waals surface area (Å²) in [5, 5.41) is 55.9. The number of rotatable bonds is 62. The second-order valence-corrected chi connectivity index (χ2v) is 38.8. The fourth-order valence-corrected chi connectivity index (χ4v) is 16.8. The molecule has 0 aromatic carbocycles. The van der Waals surface area contributed by atoms with Gasteiger partial charge in [-0.3, -0.25) is 18.6 Å². The molecule has 24 heteroatoms. The molecular formula is C101H165F3N2O17P2. The molecule has 0 bridgehead atoms. The third-order valence-corrected chi connectivity index (χ3v) is 25.6. The van der Waals surface area contributed by atoms with Crippen molar-refractivity contribution in [1.29, 1.82) is 0 Å². The summed E-state index contributed by atoms with van der Waals surface area (Å²) in [6, 6.07) is -4.20. The van der Waals surface area contributed by atoms with Crippen LogP contribution in [0.1, 0.15) is 343 Å². The molecule has 2 amide bonds. The third-order valence-electron chi connectivity index (χ3n) is 22.9. The zero-order valence-electron chi connectivity index (χ0n) is 79.8. The van der Waals surface area contributed by atoms with E-state index in [0.29, 0.717) is 12.8 Å². The van der Waals surface area contributed by atoms with Crippen LogP contribution in [0.15, 0.2) is 186 Å². The van der Waals surface area contributed by atoms with Gasteiger partial charge < -0.3 is 60.2 Å². The van der Waals surface area contributed by atoms with Crippen molar-refractivity contribution in [3.8, 4) is 0 Å². The van der Waals surface area contributed by atoms with Gasteiger partial charge >= 0.3 is 27.7 Å². The third kappa shape index (κ3) is 55.3. The number of nitrogens with one attached hydrogen (secondary N) is 2. The number of amides is 2. The number of hydrogen-bond donors (Lipinski definition) is 9. The molecule has 2 aliphatic rings. The van der Waals surface area contributed by atoms with E-state index in [2.05, 4.69) is 225 Å². The fourth-order valence-electron chi connectivity index (χ4n) is 14.7. The maximum Gasteiger partial charge on any atom is 0.483 e. The largest absolute Gasteiger partial charge is 0.483 e. The number of allylic oxidation sites excluding steroid dienone is 32. The van der Waals surface area contributed by atoms with Crippen molar-refractivity contribution in [2.45, 2.75) is 411 Å². The van der Waals surface area contributed by atoms with E-state index in [9.17, 15) is 67.2 Å². The summed E-state index contributed by atoms with van der Waals surface area (Å²) in [4.78, 5) is 45.1. The van der Waals surface area contributed by atoms with E-state index in [-0.39, 0.29) is 12.3 Å². The normalized spacial score (nSPS) is 22.8. The zero-order valence-corrected chi connectivity index (χ0v) is 81.6. The Hall–Kier alpha value is -5.49. The minimum Gasteiger partial charge on any atom is -0.394 e. The number of hydrogen-bond acceptors (Lipinski definition) is 15. The average molecular weight is 1800 g/mol. The number of halogens is 3. The number of ether oxygens (including phenoxy) is 3. The van der Waals surface area contributed by atoms with Crippen LogP contribution in [0.4, 0.5) is 13.2 Å². The van der Waals surface area contributed by atoms with Gasteiger partial charge in [-0.25, -0.2) is 9.13 Å². The Bertz CT molecular complexity index is 3840. The van der Waals surface area contributed by atoms with Crippen LogP contribution in [0, 0.1) is 5.92 Å². The maximum absolute atomic E-state index is 13.5. The monoisotopic (exact) mass is 1800 g/mol. The van der Waals surface area contributed by atoms with Crippen molar-refractivity contribution in [3.05, 3.63) is 186 Å². The summed E-state index contributed by atoms with van der Waals surface area (Å²) in [5.41, 5.74) is 23.2. The minimum absolute atomic E-state index is 0.0657. The predicted molar refractivity (Wildman–Crippen MR) is 505 cm³/mol. The van der Waals surface area contributed by atoms with Crippen molar-refractivity contribution in [3.63, 3.8) is 0 Å². The number of phosphoric acid groups is 2. The fraction of sp³-hybridized carbons (Fsp3) is 0.663. The summed E-state index contributed by atoms with van der Waals surface area (Å²) < 4.78 is 97.3. The van der Waals surface area contributed by atoms with E-state index in [1.165, 1.54) is 107 Å². The molecule has 19 nitrogen and oxygen atoms in total. The summed E-state index contributed by atoms with van der Waals surface area (Å²) in [6.07, 6.45) is 50.7.